The van der Waals surface area contributed by atoms with Crippen molar-refractivity contribution in [2.24, 2.45) is 16.8 Å². The van der Waals surface area contributed by atoms with Gasteiger partial charge in [-0.15, -0.1) is 0 Å². The summed E-state index contributed by atoms with van der Waals surface area (Å²) in [6, 6.07) is 5.86. The number of carbonyl (C=O) groups is 1. The molecule has 6 nitrogen and oxygen atoms in total. The van der Waals surface area contributed by atoms with Crippen LogP contribution in [-0.2, 0) is 9.53 Å². The molecule has 2 rings (SSSR count). The first-order valence-electron chi connectivity index (χ1n) is 7.56. The average Bonchev–Trinajstić information content (AvgIpc) is 2.97. The molecule has 6 heteroatoms. The lowest BCUT2D eigenvalue weighted by atomic mass is 10.1. The van der Waals surface area contributed by atoms with E-state index < -0.39 is 0 Å². The van der Waals surface area contributed by atoms with E-state index in [2.05, 4.69) is 10.5 Å². The minimum absolute atomic E-state index is 0.00537. The minimum Gasteiger partial charge on any atom is -0.466 e. The topological polar surface area (TPSA) is 96.9 Å². The van der Waals surface area contributed by atoms with Gasteiger partial charge in [0.15, 0.2) is 5.84 Å². The Morgan fingerprint density at radius 1 is 1.50 bits per heavy atom. The fraction of sp³-hybridized carbons (Fsp3) is 0.500. The van der Waals surface area contributed by atoms with Gasteiger partial charge in [-0.25, -0.2) is 0 Å². The molecule has 0 saturated heterocycles. The van der Waals surface area contributed by atoms with Gasteiger partial charge in [-0.1, -0.05) is 5.16 Å². The van der Waals surface area contributed by atoms with Gasteiger partial charge in [0.25, 0.3) is 0 Å². The molecular weight excluding hydrogens is 282 g/mol. The van der Waals surface area contributed by atoms with Crippen LogP contribution in [0, 0.1) is 12.8 Å². The summed E-state index contributed by atoms with van der Waals surface area (Å²) < 4.78 is 5.09. The number of nitrogens with zero attached hydrogens (tertiary/aromatic N) is 1. The van der Waals surface area contributed by atoms with Crippen molar-refractivity contribution in [3.8, 4) is 0 Å². The van der Waals surface area contributed by atoms with Crippen LogP contribution >= 0.6 is 0 Å². The standard InChI is InChI=1S/C16H23N3O3/c1-3-22-16(20)12-4-6-13(9-12)18-14-7-5-11(8-10(14)2)15(17)19-21/h5,7-8,12-13,18,21H,3-4,6,9H2,1-2H3,(H2,17,19)/t12-,13+/m1/s1. The fourth-order valence-electron chi connectivity index (χ4n) is 2.85. The van der Waals surface area contributed by atoms with Gasteiger partial charge in [-0.3, -0.25) is 4.79 Å². The number of benzene rings is 1. The summed E-state index contributed by atoms with van der Waals surface area (Å²) in [5.41, 5.74) is 8.29. The Labute approximate surface area is 130 Å². The maximum Gasteiger partial charge on any atom is 0.308 e. The van der Waals surface area contributed by atoms with Crippen molar-refractivity contribution in [1.82, 2.24) is 0 Å². The molecule has 2 atom stereocenters. The minimum atomic E-state index is -0.0919. The highest BCUT2D eigenvalue weighted by atomic mass is 16.5. The number of hydrogen-bond donors (Lipinski definition) is 3. The second-order valence-electron chi connectivity index (χ2n) is 5.62. The number of carbonyl (C=O) groups excluding carboxylic acids is 1. The molecule has 22 heavy (non-hydrogen) atoms. The van der Waals surface area contributed by atoms with Crippen molar-refractivity contribution in [3.05, 3.63) is 29.3 Å². The van der Waals surface area contributed by atoms with Crippen LogP contribution in [0.15, 0.2) is 23.4 Å². The molecule has 0 radical (unpaired) electrons. The molecule has 0 amide bonds. The molecule has 1 fully saturated rings. The monoisotopic (exact) mass is 305 g/mol. The molecule has 1 saturated carbocycles. The molecule has 0 bridgehead atoms. The number of anilines is 1. The van der Waals surface area contributed by atoms with E-state index in [9.17, 15) is 4.79 Å². The van der Waals surface area contributed by atoms with E-state index in [4.69, 9.17) is 15.7 Å². The highest BCUT2D eigenvalue weighted by Crippen LogP contribution is 2.30. The first-order valence-corrected chi connectivity index (χ1v) is 7.56. The predicted octanol–water partition coefficient (Wildman–Crippen LogP) is 2.23. The Balaban J connectivity index is 1.99. The van der Waals surface area contributed by atoms with E-state index in [1.165, 1.54) is 0 Å². The summed E-state index contributed by atoms with van der Waals surface area (Å²) in [6.45, 7) is 4.23. The Kier molecular flexibility index (Phi) is 5.25. The Morgan fingerprint density at radius 2 is 2.27 bits per heavy atom. The van der Waals surface area contributed by atoms with E-state index >= 15 is 0 Å². The van der Waals surface area contributed by atoms with Gasteiger partial charge in [0.1, 0.15) is 0 Å². The summed E-state index contributed by atoms with van der Waals surface area (Å²) in [4.78, 5) is 11.8. The van der Waals surface area contributed by atoms with Crippen molar-refractivity contribution >= 4 is 17.5 Å². The molecular formula is C16H23N3O3. The molecule has 120 valence electrons. The second-order valence-corrected chi connectivity index (χ2v) is 5.62. The number of oxime groups is 1. The van der Waals surface area contributed by atoms with Crippen LogP contribution < -0.4 is 11.1 Å². The molecule has 0 heterocycles. The first-order chi connectivity index (χ1) is 10.5. The third-order valence-corrected chi connectivity index (χ3v) is 4.04. The molecule has 0 aromatic heterocycles. The van der Waals surface area contributed by atoms with Gasteiger partial charge < -0.3 is 21.0 Å². The zero-order chi connectivity index (χ0) is 16.1. The molecule has 0 spiro atoms. The SMILES string of the molecule is CCOC(=O)[C@@H]1CC[C@H](Nc2ccc(/C(N)=N/O)cc2C)C1. The highest BCUT2D eigenvalue weighted by molar-refractivity contribution is 5.97. The van der Waals surface area contributed by atoms with Crippen LogP contribution in [0.4, 0.5) is 5.69 Å². The zero-order valence-electron chi connectivity index (χ0n) is 13.0. The maximum atomic E-state index is 11.8. The van der Waals surface area contributed by atoms with Crippen LogP contribution in [0.5, 0.6) is 0 Å². The summed E-state index contributed by atoms with van der Waals surface area (Å²) >= 11 is 0. The van der Waals surface area contributed by atoms with Gasteiger partial charge >= 0.3 is 5.97 Å². The molecule has 4 N–H and O–H groups in total. The normalized spacial score (nSPS) is 21.6. The molecule has 1 aliphatic rings. The number of esters is 1. The molecule has 0 aliphatic heterocycles. The highest BCUT2D eigenvalue weighted by Gasteiger charge is 2.30. The Bertz CT molecular complexity index is 572. The van der Waals surface area contributed by atoms with Crippen LogP contribution in [0.25, 0.3) is 0 Å². The van der Waals surface area contributed by atoms with E-state index in [1.54, 1.807) is 0 Å². The third-order valence-electron chi connectivity index (χ3n) is 4.04. The van der Waals surface area contributed by atoms with E-state index in [-0.39, 0.29) is 23.8 Å². The summed E-state index contributed by atoms with van der Waals surface area (Å²) in [5, 5.41) is 15.2. The predicted molar refractivity (Wildman–Crippen MR) is 85.1 cm³/mol. The first kappa shape index (κ1) is 16.1. The number of nitrogens with one attached hydrogen (secondary N) is 1. The van der Waals surface area contributed by atoms with E-state index in [1.807, 2.05) is 32.0 Å². The largest absolute Gasteiger partial charge is 0.466 e. The summed E-state index contributed by atoms with van der Waals surface area (Å²) in [7, 11) is 0. The van der Waals surface area contributed by atoms with Gasteiger partial charge in [-0.05, 0) is 56.9 Å². The molecule has 1 aliphatic carbocycles. The van der Waals surface area contributed by atoms with Crippen molar-refractivity contribution in [1.29, 1.82) is 0 Å². The van der Waals surface area contributed by atoms with Crippen LogP contribution in [0.1, 0.15) is 37.3 Å². The van der Waals surface area contributed by atoms with Crippen molar-refractivity contribution in [3.63, 3.8) is 0 Å². The van der Waals surface area contributed by atoms with Crippen LogP contribution in [0.3, 0.4) is 0 Å². The van der Waals surface area contributed by atoms with Crippen molar-refractivity contribution in [2.45, 2.75) is 39.2 Å². The van der Waals surface area contributed by atoms with E-state index in [0.717, 1.165) is 30.5 Å². The van der Waals surface area contributed by atoms with Crippen molar-refractivity contribution in [2.75, 3.05) is 11.9 Å². The Morgan fingerprint density at radius 3 is 2.91 bits per heavy atom. The zero-order valence-corrected chi connectivity index (χ0v) is 13.0. The number of aryl methyl sites for hydroxylation is 1. The van der Waals surface area contributed by atoms with Gasteiger partial charge in [0.2, 0.25) is 0 Å². The average molecular weight is 305 g/mol. The molecule has 1 aromatic rings. The number of hydrogen-bond acceptors (Lipinski definition) is 5. The number of rotatable bonds is 5. The Hall–Kier alpha value is -2.24. The second kappa shape index (κ2) is 7.15. The van der Waals surface area contributed by atoms with Crippen LogP contribution in [0.2, 0.25) is 0 Å². The quantitative estimate of drug-likeness (QED) is 0.255. The van der Waals surface area contributed by atoms with E-state index in [0.29, 0.717) is 12.2 Å². The third kappa shape index (κ3) is 3.69. The smallest absolute Gasteiger partial charge is 0.308 e. The maximum absolute atomic E-state index is 11.8. The summed E-state index contributed by atoms with van der Waals surface area (Å²) in [5.74, 6) is -0.00196. The molecule has 0 unspecified atom stereocenters. The van der Waals surface area contributed by atoms with Gasteiger partial charge in [0.05, 0.1) is 12.5 Å². The fourth-order valence-corrected chi connectivity index (χ4v) is 2.85. The summed E-state index contributed by atoms with van der Waals surface area (Å²) in [6.07, 6.45) is 2.60. The van der Waals surface area contributed by atoms with Crippen molar-refractivity contribution < 1.29 is 14.7 Å². The lowest BCUT2D eigenvalue weighted by Gasteiger charge is -2.17. The lowest BCUT2D eigenvalue weighted by molar-refractivity contribution is -0.147. The lowest BCUT2D eigenvalue weighted by Crippen LogP contribution is -2.20. The number of ether oxygens (including phenoxy) is 1. The van der Waals surface area contributed by atoms with Crippen LogP contribution in [-0.4, -0.2) is 29.7 Å². The number of amidine groups is 1. The molecule has 1 aromatic carbocycles. The van der Waals surface area contributed by atoms with Gasteiger partial charge in [-0.2, -0.15) is 0 Å². The van der Waals surface area contributed by atoms with Gasteiger partial charge in [0, 0.05) is 17.3 Å². The number of nitrogens with two attached hydrogens (primary N) is 1.